The van der Waals surface area contributed by atoms with Gasteiger partial charge in [-0.1, -0.05) is 26.0 Å². The standard InChI is InChI=1S/C17H28N4O.HI/c1-5-19-16(22)15-8-6-14(7-9-15)12-21-17(18-4)20-11-10-13(2)3;/h6-9,13H,5,10-12H2,1-4H3,(H,19,22)(H2,18,20,21);1H. The second-order valence-corrected chi connectivity index (χ2v) is 5.59. The Morgan fingerprint density at radius 2 is 1.78 bits per heavy atom. The predicted molar refractivity (Wildman–Crippen MR) is 108 cm³/mol. The van der Waals surface area contributed by atoms with Crippen LogP contribution in [0, 0.1) is 5.92 Å². The Hall–Kier alpha value is -1.31. The summed E-state index contributed by atoms with van der Waals surface area (Å²) < 4.78 is 0. The van der Waals surface area contributed by atoms with Crippen molar-refractivity contribution in [1.82, 2.24) is 16.0 Å². The first-order valence-corrected chi connectivity index (χ1v) is 7.88. The molecular weight excluding hydrogens is 403 g/mol. The lowest BCUT2D eigenvalue weighted by atomic mass is 10.1. The van der Waals surface area contributed by atoms with E-state index in [0.29, 0.717) is 24.6 Å². The molecule has 0 heterocycles. The lowest BCUT2D eigenvalue weighted by molar-refractivity contribution is 0.0956. The third-order valence-electron chi connectivity index (χ3n) is 3.25. The molecule has 0 unspecified atom stereocenters. The van der Waals surface area contributed by atoms with Gasteiger partial charge in [-0.15, -0.1) is 24.0 Å². The lowest BCUT2D eigenvalue weighted by Gasteiger charge is -2.13. The van der Waals surface area contributed by atoms with Crippen LogP contribution in [-0.2, 0) is 6.54 Å². The van der Waals surface area contributed by atoms with Gasteiger partial charge in [0.25, 0.3) is 5.91 Å². The Morgan fingerprint density at radius 1 is 1.13 bits per heavy atom. The second-order valence-electron chi connectivity index (χ2n) is 5.59. The first-order valence-electron chi connectivity index (χ1n) is 7.88. The Morgan fingerprint density at radius 3 is 2.30 bits per heavy atom. The number of carbonyl (C=O) groups excluding carboxylic acids is 1. The van der Waals surface area contributed by atoms with Crippen molar-refractivity contribution in [3.8, 4) is 0 Å². The van der Waals surface area contributed by atoms with Crippen LogP contribution in [0.5, 0.6) is 0 Å². The zero-order chi connectivity index (χ0) is 16.4. The molecular formula is C17H29IN4O. The molecule has 0 atom stereocenters. The summed E-state index contributed by atoms with van der Waals surface area (Å²) >= 11 is 0. The molecule has 0 aliphatic heterocycles. The van der Waals surface area contributed by atoms with E-state index in [1.54, 1.807) is 7.05 Å². The highest BCUT2D eigenvalue weighted by Crippen LogP contribution is 2.04. The number of amides is 1. The fourth-order valence-corrected chi connectivity index (χ4v) is 1.92. The number of nitrogens with one attached hydrogen (secondary N) is 3. The molecule has 0 aromatic heterocycles. The van der Waals surface area contributed by atoms with Crippen LogP contribution in [0.1, 0.15) is 43.1 Å². The Bertz CT molecular complexity index is 486. The molecule has 0 saturated carbocycles. The van der Waals surface area contributed by atoms with Crippen molar-refractivity contribution in [2.45, 2.75) is 33.7 Å². The van der Waals surface area contributed by atoms with Crippen LogP contribution < -0.4 is 16.0 Å². The molecule has 6 heteroatoms. The quantitative estimate of drug-likeness (QED) is 0.353. The number of guanidine groups is 1. The summed E-state index contributed by atoms with van der Waals surface area (Å²) in [5.74, 6) is 1.44. The van der Waals surface area contributed by atoms with Gasteiger partial charge in [0.1, 0.15) is 0 Å². The number of hydrogen-bond acceptors (Lipinski definition) is 2. The Labute approximate surface area is 156 Å². The fourth-order valence-electron chi connectivity index (χ4n) is 1.92. The van der Waals surface area contributed by atoms with Crippen molar-refractivity contribution < 1.29 is 4.79 Å². The van der Waals surface area contributed by atoms with E-state index in [9.17, 15) is 4.79 Å². The van der Waals surface area contributed by atoms with Gasteiger partial charge < -0.3 is 16.0 Å². The van der Waals surface area contributed by atoms with Gasteiger partial charge in [-0.25, -0.2) is 0 Å². The molecule has 3 N–H and O–H groups in total. The highest BCUT2D eigenvalue weighted by atomic mass is 127. The number of aliphatic imine (C=N–C) groups is 1. The normalized spacial score (nSPS) is 10.9. The van der Waals surface area contributed by atoms with E-state index in [4.69, 9.17) is 0 Å². The van der Waals surface area contributed by atoms with Gasteiger partial charge in [-0.3, -0.25) is 9.79 Å². The van der Waals surface area contributed by atoms with E-state index in [0.717, 1.165) is 24.5 Å². The monoisotopic (exact) mass is 432 g/mol. The second kappa shape index (κ2) is 12.2. The molecule has 1 rings (SSSR count). The zero-order valence-electron chi connectivity index (χ0n) is 14.5. The molecule has 0 aliphatic rings. The van der Waals surface area contributed by atoms with Crippen LogP contribution in [0.4, 0.5) is 0 Å². The Balaban J connectivity index is 0.00000484. The summed E-state index contributed by atoms with van der Waals surface area (Å²) in [6, 6.07) is 7.60. The maximum atomic E-state index is 11.7. The van der Waals surface area contributed by atoms with E-state index >= 15 is 0 Å². The molecule has 0 saturated heterocycles. The Kier molecular flexibility index (Phi) is 11.5. The van der Waals surface area contributed by atoms with E-state index < -0.39 is 0 Å². The van der Waals surface area contributed by atoms with Gasteiger partial charge in [0, 0.05) is 32.2 Å². The zero-order valence-corrected chi connectivity index (χ0v) is 16.8. The molecule has 0 spiro atoms. The van der Waals surface area contributed by atoms with E-state index in [1.807, 2.05) is 31.2 Å². The van der Waals surface area contributed by atoms with Crippen LogP contribution >= 0.6 is 24.0 Å². The van der Waals surface area contributed by atoms with Crippen molar-refractivity contribution in [2.75, 3.05) is 20.1 Å². The molecule has 23 heavy (non-hydrogen) atoms. The number of benzene rings is 1. The smallest absolute Gasteiger partial charge is 0.251 e. The largest absolute Gasteiger partial charge is 0.356 e. The molecule has 5 nitrogen and oxygen atoms in total. The van der Waals surface area contributed by atoms with Gasteiger partial charge in [0.2, 0.25) is 0 Å². The summed E-state index contributed by atoms with van der Waals surface area (Å²) in [7, 11) is 1.77. The predicted octanol–water partition coefficient (Wildman–Crippen LogP) is 2.77. The molecule has 130 valence electrons. The topological polar surface area (TPSA) is 65.5 Å². The average molecular weight is 432 g/mol. The van der Waals surface area contributed by atoms with Crippen LogP contribution in [-0.4, -0.2) is 32.0 Å². The summed E-state index contributed by atoms with van der Waals surface area (Å²) in [6.07, 6.45) is 1.11. The molecule has 0 fully saturated rings. The minimum atomic E-state index is -0.0341. The summed E-state index contributed by atoms with van der Waals surface area (Å²) in [5, 5.41) is 9.35. The summed E-state index contributed by atoms with van der Waals surface area (Å²) in [4.78, 5) is 15.9. The van der Waals surface area contributed by atoms with Gasteiger partial charge in [0.05, 0.1) is 0 Å². The third kappa shape index (κ3) is 8.78. The minimum absolute atomic E-state index is 0. The van der Waals surface area contributed by atoms with Crippen LogP contribution in [0.2, 0.25) is 0 Å². The van der Waals surface area contributed by atoms with E-state index in [2.05, 4.69) is 34.8 Å². The molecule has 1 amide bonds. The molecule has 0 aliphatic carbocycles. The minimum Gasteiger partial charge on any atom is -0.356 e. The summed E-state index contributed by atoms with van der Waals surface area (Å²) in [5.41, 5.74) is 1.80. The summed E-state index contributed by atoms with van der Waals surface area (Å²) in [6.45, 7) is 8.54. The first kappa shape index (κ1) is 21.7. The van der Waals surface area contributed by atoms with Crippen LogP contribution in [0.25, 0.3) is 0 Å². The highest BCUT2D eigenvalue weighted by Gasteiger charge is 2.04. The van der Waals surface area contributed by atoms with Crippen molar-refractivity contribution in [3.63, 3.8) is 0 Å². The maximum Gasteiger partial charge on any atom is 0.251 e. The van der Waals surface area contributed by atoms with Crippen molar-refractivity contribution in [2.24, 2.45) is 10.9 Å². The molecule has 1 aromatic rings. The number of carbonyl (C=O) groups is 1. The van der Waals surface area contributed by atoms with Crippen molar-refractivity contribution >= 4 is 35.8 Å². The van der Waals surface area contributed by atoms with E-state index in [1.165, 1.54) is 0 Å². The van der Waals surface area contributed by atoms with Gasteiger partial charge >= 0.3 is 0 Å². The fraction of sp³-hybridized carbons (Fsp3) is 0.529. The van der Waals surface area contributed by atoms with Crippen LogP contribution in [0.15, 0.2) is 29.3 Å². The van der Waals surface area contributed by atoms with Gasteiger partial charge in [0.15, 0.2) is 5.96 Å². The van der Waals surface area contributed by atoms with Crippen molar-refractivity contribution in [1.29, 1.82) is 0 Å². The number of rotatable bonds is 7. The first-order chi connectivity index (χ1) is 10.6. The number of hydrogen-bond donors (Lipinski definition) is 3. The van der Waals surface area contributed by atoms with E-state index in [-0.39, 0.29) is 29.9 Å². The van der Waals surface area contributed by atoms with Gasteiger partial charge in [-0.2, -0.15) is 0 Å². The number of halogens is 1. The third-order valence-corrected chi connectivity index (χ3v) is 3.25. The molecule has 1 aromatic carbocycles. The molecule has 0 bridgehead atoms. The van der Waals surface area contributed by atoms with Crippen LogP contribution in [0.3, 0.4) is 0 Å². The van der Waals surface area contributed by atoms with Gasteiger partial charge in [-0.05, 0) is 37.0 Å². The molecule has 0 radical (unpaired) electrons. The number of nitrogens with zero attached hydrogens (tertiary/aromatic N) is 1. The highest BCUT2D eigenvalue weighted by molar-refractivity contribution is 14.0. The lowest BCUT2D eigenvalue weighted by Crippen LogP contribution is -2.37. The average Bonchev–Trinajstić information content (AvgIpc) is 2.51. The maximum absolute atomic E-state index is 11.7. The SMILES string of the molecule is CCNC(=O)c1ccc(CNC(=NC)NCCC(C)C)cc1.I. The van der Waals surface area contributed by atoms with Crippen molar-refractivity contribution in [3.05, 3.63) is 35.4 Å².